The van der Waals surface area contributed by atoms with Gasteiger partial charge in [-0.1, -0.05) is 19.3 Å². The molecule has 1 rings (SSSR count). The van der Waals surface area contributed by atoms with Crippen molar-refractivity contribution in [3.63, 3.8) is 0 Å². The SMILES string of the molecule is O=P([O-])(O)O.[NH3+]CC1(CC(=O)O)CCCCC1. The molecule has 0 aromatic carbocycles. The van der Waals surface area contributed by atoms with E-state index in [-0.39, 0.29) is 5.41 Å². The zero-order chi connectivity index (χ0) is 13.5. The Kier molecular flexibility index (Phi) is 6.89. The van der Waals surface area contributed by atoms with E-state index in [1.807, 2.05) is 0 Å². The van der Waals surface area contributed by atoms with Crippen molar-refractivity contribution in [3.05, 3.63) is 0 Å². The maximum absolute atomic E-state index is 10.6. The number of aliphatic carboxylic acids is 1. The van der Waals surface area contributed by atoms with Gasteiger partial charge in [0.15, 0.2) is 0 Å². The molecule has 1 aliphatic carbocycles. The number of carboxylic acids is 1. The minimum Gasteiger partial charge on any atom is -0.756 e. The van der Waals surface area contributed by atoms with Crippen molar-refractivity contribution < 1.29 is 34.9 Å². The highest BCUT2D eigenvalue weighted by molar-refractivity contribution is 7.43. The van der Waals surface area contributed by atoms with Gasteiger partial charge in [0.2, 0.25) is 0 Å². The molecule has 0 aliphatic heterocycles. The zero-order valence-electron chi connectivity index (χ0n) is 9.67. The molecular weight excluding hydrogens is 249 g/mol. The first-order valence-electron chi connectivity index (χ1n) is 5.46. The highest BCUT2D eigenvalue weighted by Gasteiger charge is 2.34. The number of hydrogen-bond acceptors (Lipinski definition) is 3. The Morgan fingerprint density at radius 3 is 2.00 bits per heavy atom. The first-order chi connectivity index (χ1) is 7.68. The van der Waals surface area contributed by atoms with Crippen LogP contribution in [-0.4, -0.2) is 27.4 Å². The van der Waals surface area contributed by atoms with Crippen LogP contribution < -0.4 is 10.6 Å². The highest BCUT2D eigenvalue weighted by atomic mass is 31.2. The summed E-state index contributed by atoms with van der Waals surface area (Å²) in [5.74, 6) is -0.666. The number of quaternary nitrogens is 1. The van der Waals surface area contributed by atoms with Gasteiger partial charge in [0.05, 0.1) is 13.0 Å². The molecule has 0 amide bonds. The number of carboxylic acid groups (broad SMARTS) is 1. The van der Waals surface area contributed by atoms with Crippen LogP contribution in [-0.2, 0) is 9.36 Å². The van der Waals surface area contributed by atoms with Crippen molar-refractivity contribution in [3.8, 4) is 0 Å². The van der Waals surface area contributed by atoms with Crippen LogP contribution in [0.25, 0.3) is 0 Å². The van der Waals surface area contributed by atoms with Crippen LogP contribution in [0.2, 0.25) is 0 Å². The van der Waals surface area contributed by atoms with Crippen molar-refractivity contribution in [1.29, 1.82) is 0 Å². The summed E-state index contributed by atoms with van der Waals surface area (Å²) in [4.78, 5) is 33.5. The van der Waals surface area contributed by atoms with E-state index in [2.05, 4.69) is 5.73 Å². The molecule has 0 radical (unpaired) electrons. The molecular formula is C9H20NO6P. The van der Waals surface area contributed by atoms with Gasteiger partial charge >= 0.3 is 5.97 Å². The Balaban J connectivity index is 0.000000437. The summed E-state index contributed by atoms with van der Waals surface area (Å²) in [5.41, 5.74) is 3.90. The van der Waals surface area contributed by atoms with Crippen molar-refractivity contribution in [2.45, 2.75) is 38.5 Å². The largest absolute Gasteiger partial charge is 0.756 e. The first-order valence-corrected chi connectivity index (χ1v) is 6.99. The minimum absolute atomic E-state index is 0.0318. The monoisotopic (exact) mass is 269 g/mol. The molecule has 0 unspecified atom stereocenters. The summed E-state index contributed by atoms with van der Waals surface area (Å²) in [7, 11) is -4.89. The number of hydrogen-bond donors (Lipinski definition) is 4. The van der Waals surface area contributed by atoms with Gasteiger partial charge in [-0.2, -0.15) is 0 Å². The Labute approximate surface area is 99.9 Å². The molecule has 0 bridgehead atoms. The number of carbonyl (C=O) groups is 1. The van der Waals surface area contributed by atoms with E-state index in [9.17, 15) is 4.79 Å². The van der Waals surface area contributed by atoms with E-state index in [0.717, 1.165) is 19.4 Å². The molecule has 0 atom stereocenters. The summed E-state index contributed by atoms with van der Waals surface area (Å²) in [6.07, 6.45) is 6.06. The van der Waals surface area contributed by atoms with E-state index in [1.165, 1.54) is 19.3 Å². The van der Waals surface area contributed by atoms with Crippen LogP contribution in [0.15, 0.2) is 0 Å². The third-order valence-electron chi connectivity index (χ3n) is 2.97. The van der Waals surface area contributed by atoms with Crippen molar-refractivity contribution >= 4 is 13.8 Å². The van der Waals surface area contributed by atoms with Crippen LogP contribution in [0.4, 0.5) is 0 Å². The molecule has 0 aromatic rings. The normalized spacial score (nSPS) is 19.1. The van der Waals surface area contributed by atoms with Gasteiger partial charge < -0.3 is 25.5 Å². The van der Waals surface area contributed by atoms with Gasteiger partial charge in [0.25, 0.3) is 7.82 Å². The lowest BCUT2D eigenvalue weighted by Crippen LogP contribution is -2.59. The van der Waals surface area contributed by atoms with Crippen LogP contribution in [0.3, 0.4) is 0 Å². The molecule has 7 nitrogen and oxygen atoms in total. The second-order valence-electron chi connectivity index (χ2n) is 4.37. The predicted molar refractivity (Wildman–Crippen MR) is 57.6 cm³/mol. The summed E-state index contributed by atoms with van der Waals surface area (Å²) in [6, 6.07) is 0. The van der Waals surface area contributed by atoms with Crippen molar-refractivity contribution in [2.75, 3.05) is 6.54 Å². The van der Waals surface area contributed by atoms with E-state index in [1.54, 1.807) is 0 Å². The second kappa shape index (κ2) is 7.08. The summed E-state index contributed by atoms with van der Waals surface area (Å²) in [6.45, 7) is 0.777. The molecule has 1 fully saturated rings. The van der Waals surface area contributed by atoms with Gasteiger partial charge in [-0.25, -0.2) is 0 Å². The molecule has 0 heterocycles. The highest BCUT2D eigenvalue weighted by Crippen LogP contribution is 2.37. The van der Waals surface area contributed by atoms with E-state index >= 15 is 0 Å². The number of phosphoric acid groups is 1. The Morgan fingerprint density at radius 2 is 1.71 bits per heavy atom. The van der Waals surface area contributed by atoms with Gasteiger partial charge in [-0.3, -0.25) is 9.36 Å². The molecule has 6 N–H and O–H groups in total. The fraction of sp³-hybridized carbons (Fsp3) is 0.889. The average Bonchev–Trinajstić information content (AvgIpc) is 2.15. The Hall–Kier alpha value is -0.460. The van der Waals surface area contributed by atoms with Gasteiger partial charge in [0, 0.05) is 5.41 Å². The maximum Gasteiger partial charge on any atom is 0.304 e. The molecule has 1 aliphatic rings. The first kappa shape index (κ1) is 16.5. The molecule has 17 heavy (non-hydrogen) atoms. The molecule has 0 aromatic heterocycles. The summed E-state index contributed by atoms with van der Waals surface area (Å²) in [5, 5.41) is 8.73. The van der Waals surface area contributed by atoms with Gasteiger partial charge in [-0.15, -0.1) is 0 Å². The Morgan fingerprint density at radius 1 is 1.29 bits per heavy atom. The molecule has 102 valence electrons. The molecule has 0 saturated heterocycles. The fourth-order valence-electron chi connectivity index (χ4n) is 2.14. The Bertz CT molecular complexity index is 275. The molecule has 1 saturated carbocycles. The average molecular weight is 269 g/mol. The standard InChI is InChI=1S/C9H17NO2.H3O4P/c10-7-9(6-8(11)12)4-2-1-3-5-9;1-5(2,3)4/h1-7,10H2,(H,11,12);(H3,1,2,3,4). The van der Waals surface area contributed by atoms with Crippen LogP contribution in [0, 0.1) is 5.41 Å². The lowest BCUT2D eigenvalue weighted by molar-refractivity contribution is -0.395. The minimum atomic E-state index is -4.89. The lowest BCUT2D eigenvalue weighted by atomic mass is 9.72. The fourth-order valence-corrected chi connectivity index (χ4v) is 2.14. The van der Waals surface area contributed by atoms with E-state index in [0.29, 0.717) is 6.42 Å². The smallest absolute Gasteiger partial charge is 0.304 e. The van der Waals surface area contributed by atoms with Gasteiger partial charge in [0.1, 0.15) is 0 Å². The third-order valence-corrected chi connectivity index (χ3v) is 2.97. The van der Waals surface area contributed by atoms with Gasteiger partial charge in [-0.05, 0) is 12.8 Å². The van der Waals surface area contributed by atoms with Crippen LogP contribution in [0.1, 0.15) is 38.5 Å². The topological polar surface area (TPSA) is 146 Å². The quantitative estimate of drug-likeness (QED) is 0.488. The lowest BCUT2D eigenvalue weighted by Gasteiger charge is -2.32. The maximum atomic E-state index is 10.6. The molecule has 8 heteroatoms. The third kappa shape index (κ3) is 9.26. The zero-order valence-corrected chi connectivity index (χ0v) is 10.6. The van der Waals surface area contributed by atoms with Crippen LogP contribution >= 0.6 is 7.82 Å². The van der Waals surface area contributed by atoms with E-state index in [4.69, 9.17) is 24.4 Å². The predicted octanol–water partition coefficient (Wildman–Crippen LogP) is -0.907. The number of rotatable bonds is 3. The summed E-state index contributed by atoms with van der Waals surface area (Å²) >= 11 is 0. The second-order valence-corrected chi connectivity index (χ2v) is 5.35. The van der Waals surface area contributed by atoms with Crippen molar-refractivity contribution in [2.24, 2.45) is 5.41 Å². The summed E-state index contributed by atoms with van der Waals surface area (Å²) < 4.78 is 8.77. The van der Waals surface area contributed by atoms with Crippen LogP contribution in [0.5, 0.6) is 0 Å². The van der Waals surface area contributed by atoms with Crippen molar-refractivity contribution in [1.82, 2.24) is 0 Å². The molecule has 0 spiro atoms. The van der Waals surface area contributed by atoms with E-state index < -0.39 is 13.8 Å².